The number of ether oxygens (including phenoxy) is 2. The van der Waals surface area contributed by atoms with E-state index in [-0.39, 0.29) is 23.6 Å². The van der Waals surface area contributed by atoms with Crippen LogP contribution in [0.1, 0.15) is 11.1 Å². The van der Waals surface area contributed by atoms with Gasteiger partial charge in [0.15, 0.2) is 11.5 Å². The van der Waals surface area contributed by atoms with Gasteiger partial charge in [-0.3, -0.25) is 25.0 Å². The van der Waals surface area contributed by atoms with Crippen LogP contribution in [0.2, 0.25) is 5.02 Å². The molecule has 1 saturated heterocycles. The Morgan fingerprint density at radius 2 is 1.84 bits per heavy atom. The maximum atomic E-state index is 13.2. The molecule has 188 valence electrons. The minimum Gasteiger partial charge on any atom is -0.493 e. The first-order valence-electron chi connectivity index (χ1n) is 10.6. The Kier molecular flexibility index (Phi) is 7.74. The van der Waals surface area contributed by atoms with Crippen LogP contribution in [0.25, 0.3) is 6.08 Å². The van der Waals surface area contributed by atoms with Crippen molar-refractivity contribution in [2.75, 3.05) is 12.0 Å². The normalized spacial score (nSPS) is 14.5. The van der Waals surface area contributed by atoms with E-state index in [1.54, 1.807) is 24.3 Å². The Hall–Kier alpha value is -3.97. The van der Waals surface area contributed by atoms with Crippen LogP contribution in [-0.4, -0.2) is 29.9 Å². The first-order chi connectivity index (χ1) is 17.7. The highest BCUT2D eigenvalue weighted by molar-refractivity contribution is 14.1. The first-order valence-corrected chi connectivity index (χ1v) is 12.0. The molecule has 12 heteroatoms. The lowest BCUT2D eigenvalue weighted by Gasteiger charge is -2.26. The zero-order valence-electron chi connectivity index (χ0n) is 19.1. The molecule has 4 rings (SSSR count). The topological polar surface area (TPSA) is 128 Å². The number of rotatable bonds is 7. The molecule has 1 heterocycles. The number of nitro groups is 1. The number of nitrogens with zero attached hydrogens (tertiary/aromatic N) is 2. The largest absolute Gasteiger partial charge is 0.493 e. The van der Waals surface area contributed by atoms with Gasteiger partial charge in [0.2, 0.25) is 0 Å². The number of amides is 4. The fourth-order valence-corrected chi connectivity index (χ4v) is 4.41. The first kappa shape index (κ1) is 26.1. The molecule has 0 aromatic heterocycles. The van der Waals surface area contributed by atoms with Gasteiger partial charge in [-0.1, -0.05) is 29.8 Å². The van der Waals surface area contributed by atoms with Gasteiger partial charge in [0, 0.05) is 17.2 Å². The smallest absolute Gasteiger partial charge is 0.335 e. The zero-order valence-corrected chi connectivity index (χ0v) is 22.0. The molecule has 4 amide bonds. The van der Waals surface area contributed by atoms with E-state index < -0.39 is 22.8 Å². The van der Waals surface area contributed by atoms with Crippen LogP contribution in [0.5, 0.6) is 11.5 Å². The summed E-state index contributed by atoms with van der Waals surface area (Å²) >= 11 is 7.97. The highest BCUT2D eigenvalue weighted by Crippen LogP contribution is 2.36. The van der Waals surface area contributed by atoms with Crippen molar-refractivity contribution in [3.05, 3.63) is 96.1 Å². The molecule has 1 aliphatic rings. The molecule has 0 unspecified atom stereocenters. The fourth-order valence-electron chi connectivity index (χ4n) is 3.50. The molecular weight excluding hydrogens is 617 g/mol. The van der Waals surface area contributed by atoms with Crippen molar-refractivity contribution in [3.8, 4) is 11.5 Å². The molecule has 0 bridgehead atoms. The van der Waals surface area contributed by atoms with Crippen LogP contribution in [0.15, 0.2) is 66.2 Å². The molecule has 37 heavy (non-hydrogen) atoms. The van der Waals surface area contributed by atoms with Gasteiger partial charge in [0.1, 0.15) is 12.2 Å². The minimum atomic E-state index is -1.01. The molecule has 0 saturated carbocycles. The number of nitrogens with one attached hydrogen (secondary N) is 1. The summed E-state index contributed by atoms with van der Waals surface area (Å²) in [4.78, 5) is 49.3. The van der Waals surface area contributed by atoms with Crippen LogP contribution < -0.4 is 19.7 Å². The summed E-state index contributed by atoms with van der Waals surface area (Å²) in [6, 6.07) is 14.4. The van der Waals surface area contributed by atoms with E-state index in [9.17, 15) is 24.5 Å². The van der Waals surface area contributed by atoms with Crippen molar-refractivity contribution >= 4 is 69.5 Å². The average molecular weight is 634 g/mol. The molecule has 1 N–H and O–H groups in total. The Labute approximate surface area is 229 Å². The summed E-state index contributed by atoms with van der Waals surface area (Å²) in [5.74, 6) is -0.990. The van der Waals surface area contributed by atoms with Crippen molar-refractivity contribution in [2.24, 2.45) is 0 Å². The number of barbiturate groups is 1. The number of benzene rings is 3. The molecule has 3 aromatic rings. The van der Waals surface area contributed by atoms with Crippen LogP contribution in [-0.2, 0) is 16.2 Å². The number of imide groups is 2. The maximum absolute atomic E-state index is 13.2. The quantitative estimate of drug-likeness (QED) is 0.126. The number of nitro benzene ring substituents is 1. The zero-order chi connectivity index (χ0) is 26.7. The molecule has 1 fully saturated rings. The molecule has 0 aliphatic carbocycles. The molecule has 1 aliphatic heterocycles. The van der Waals surface area contributed by atoms with Crippen LogP contribution >= 0.6 is 34.2 Å². The summed E-state index contributed by atoms with van der Waals surface area (Å²) in [7, 11) is 1.46. The highest BCUT2D eigenvalue weighted by atomic mass is 127. The van der Waals surface area contributed by atoms with Crippen molar-refractivity contribution in [2.45, 2.75) is 6.61 Å². The number of hydrogen-bond donors (Lipinski definition) is 1. The third-order valence-electron chi connectivity index (χ3n) is 5.26. The molecular formula is C25H17ClIN3O7. The van der Waals surface area contributed by atoms with Gasteiger partial charge in [0.25, 0.3) is 17.5 Å². The van der Waals surface area contributed by atoms with Crippen molar-refractivity contribution in [1.29, 1.82) is 0 Å². The minimum absolute atomic E-state index is 0.0480. The second-order valence-corrected chi connectivity index (χ2v) is 9.28. The number of methoxy groups -OCH3 is 1. The number of halogens is 2. The predicted octanol–water partition coefficient (Wildman–Crippen LogP) is 5.11. The van der Waals surface area contributed by atoms with Crippen molar-refractivity contribution < 1.29 is 28.8 Å². The van der Waals surface area contributed by atoms with E-state index in [1.165, 1.54) is 31.4 Å². The Bertz CT molecular complexity index is 1460. The predicted molar refractivity (Wildman–Crippen MR) is 144 cm³/mol. The van der Waals surface area contributed by atoms with Gasteiger partial charge >= 0.3 is 6.03 Å². The average Bonchev–Trinajstić information content (AvgIpc) is 2.86. The number of anilines is 1. The molecule has 0 spiro atoms. The SMILES string of the molecule is COc1cc(/C=C2\C(=O)NC(=O)N(c3cccc([N+](=O)[O-])c3)C2=O)cc(I)c1OCc1ccc(Cl)cc1. The second-order valence-electron chi connectivity index (χ2n) is 7.68. The summed E-state index contributed by atoms with van der Waals surface area (Å²) in [5, 5.41) is 13.8. The van der Waals surface area contributed by atoms with E-state index in [0.29, 0.717) is 30.6 Å². The van der Waals surface area contributed by atoms with E-state index in [1.807, 2.05) is 34.7 Å². The van der Waals surface area contributed by atoms with E-state index in [4.69, 9.17) is 21.1 Å². The summed E-state index contributed by atoms with van der Waals surface area (Å²) in [6.45, 7) is 0.255. The van der Waals surface area contributed by atoms with Gasteiger partial charge in [-0.25, -0.2) is 9.69 Å². The molecule has 3 aromatic carbocycles. The van der Waals surface area contributed by atoms with Gasteiger partial charge in [-0.2, -0.15) is 0 Å². The van der Waals surface area contributed by atoms with Gasteiger partial charge in [-0.15, -0.1) is 0 Å². The third kappa shape index (κ3) is 5.73. The van der Waals surface area contributed by atoms with Gasteiger partial charge in [-0.05, 0) is 70.1 Å². The van der Waals surface area contributed by atoms with Crippen LogP contribution in [0.3, 0.4) is 0 Å². The summed E-state index contributed by atoms with van der Waals surface area (Å²) in [6.07, 6.45) is 1.31. The van der Waals surface area contributed by atoms with Gasteiger partial charge in [0.05, 0.1) is 21.3 Å². The lowest BCUT2D eigenvalue weighted by molar-refractivity contribution is -0.384. The molecule has 0 atom stereocenters. The number of carbonyl (C=O) groups excluding carboxylic acids is 3. The maximum Gasteiger partial charge on any atom is 0.335 e. The Morgan fingerprint density at radius 3 is 2.51 bits per heavy atom. The van der Waals surface area contributed by atoms with Gasteiger partial charge < -0.3 is 9.47 Å². The number of hydrogen-bond acceptors (Lipinski definition) is 7. The number of carbonyl (C=O) groups is 3. The van der Waals surface area contributed by atoms with E-state index in [2.05, 4.69) is 5.32 Å². The monoisotopic (exact) mass is 633 g/mol. The summed E-state index contributed by atoms with van der Waals surface area (Å²) < 4.78 is 12.1. The number of urea groups is 1. The standard InChI is InChI=1S/C25H17ClIN3O7/c1-36-21-11-15(10-20(27)22(21)37-13-14-5-7-16(26)8-6-14)9-19-23(31)28-25(33)29(24(19)32)17-3-2-4-18(12-17)30(34)35/h2-12H,13H2,1H3,(H,28,31,33)/b19-9+. The Balaban J connectivity index is 1.64. The molecule has 10 nitrogen and oxygen atoms in total. The highest BCUT2D eigenvalue weighted by Gasteiger charge is 2.37. The lowest BCUT2D eigenvalue weighted by atomic mass is 10.1. The van der Waals surface area contributed by atoms with E-state index >= 15 is 0 Å². The fraction of sp³-hybridized carbons (Fsp3) is 0.0800. The second kappa shape index (κ2) is 11.0. The number of non-ortho nitro benzene ring substituents is 1. The third-order valence-corrected chi connectivity index (χ3v) is 6.31. The van der Waals surface area contributed by atoms with E-state index in [0.717, 1.165) is 11.6 Å². The van der Waals surface area contributed by atoms with Crippen LogP contribution in [0, 0.1) is 13.7 Å². The van der Waals surface area contributed by atoms with Crippen molar-refractivity contribution in [3.63, 3.8) is 0 Å². The molecule has 0 radical (unpaired) electrons. The van der Waals surface area contributed by atoms with Crippen molar-refractivity contribution in [1.82, 2.24) is 5.32 Å². The lowest BCUT2D eigenvalue weighted by Crippen LogP contribution is -2.54. The summed E-state index contributed by atoms with van der Waals surface area (Å²) in [5.41, 5.74) is 0.636. The Morgan fingerprint density at radius 1 is 1.11 bits per heavy atom. The van der Waals surface area contributed by atoms with Crippen LogP contribution in [0.4, 0.5) is 16.2 Å².